The minimum atomic E-state index is -1.06. The van der Waals surface area contributed by atoms with E-state index in [1.807, 2.05) is 38.1 Å². The van der Waals surface area contributed by atoms with Crippen molar-refractivity contribution < 1.29 is 14.6 Å². The molecule has 0 fully saturated rings. The molecule has 19 heavy (non-hydrogen) atoms. The Labute approximate surface area is 110 Å². The summed E-state index contributed by atoms with van der Waals surface area (Å²) in [7, 11) is 0. The lowest BCUT2D eigenvalue weighted by Crippen LogP contribution is -2.05. The highest BCUT2D eigenvalue weighted by atomic mass is 16.5. The zero-order chi connectivity index (χ0) is 13.8. The molecule has 0 bridgehead atoms. The van der Waals surface area contributed by atoms with Crippen LogP contribution in [-0.2, 0) is 6.42 Å². The zero-order valence-electron chi connectivity index (χ0n) is 10.8. The van der Waals surface area contributed by atoms with E-state index in [2.05, 4.69) is 10.3 Å². The van der Waals surface area contributed by atoms with Crippen LogP contribution < -0.4 is 4.74 Å². The Hall–Kier alpha value is -2.37. The smallest absolute Gasteiger partial charge is 0.358 e. The largest absolute Gasteiger partial charge is 0.494 e. The van der Waals surface area contributed by atoms with Crippen LogP contribution in [0.25, 0.3) is 5.69 Å². The van der Waals surface area contributed by atoms with E-state index in [4.69, 9.17) is 9.84 Å². The fourth-order valence-corrected chi connectivity index (χ4v) is 1.84. The molecule has 2 aromatic rings. The van der Waals surface area contributed by atoms with Gasteiger partial charge in [-0.15, -0.1) is 5.10 Å². The second kappa shape index (κ2) is 5.51. The Kier molecular flexibility index (Phi) is 3.79. The summed E-state index contributed by atoms with van der Waals surface area (Å²) < 4.78 is 6.90. The highest BCUT2D eigenvalue weighted by Crippen LogP contribution is 2.17. The normalized spacial score (nSPS) is 10.4. The van der Waals surface area contributed by atoms with Crippen molar-refractivity contribution in [3.63, 3.8) is 0 Å². The van der Waals surface area contributed by atoms with Gasteiger partial charge in [-0.25, -0.2) is 9.48 Å². The maximum Gasteiger partial charge on any atom is 0.358 e. The molecule has 0 amide bonds. The fourth-order valence-electron chi connectivity index (χ4n) is 1.84. The predicted octanol–water partition coefficient (Wildman–Crippen LogP) is 1.93. The minimum absolute atomic E-state index is 0.00335. The van der Waals surface area contributed by atoms with Crippen molar-refractivity contribution >= 4 is 5.97 Å². The van der Waals surface area contributed by atoms with Gasteiger partial charge in [-0.3, -0.25) is 0 Å². The molecule has 0 saturated heterocycles. The van der Waals surface area contributed by atoms with Gasteiger partial charge in [-0.1, -0.05) is 12.1 Å². The number of rotatable bonds is 5. The van der Waals surface area contributed by atoms with Crippen LogP contribution in [0.3, 0.4) is 0 Å². The predicted molar refractivity (Wildman–Crippen MR) is 68.9 cm³/mol. The summed E-state index contributed by atoms with van der Waals surface area (Å²) >= 11 is 0. The highest BCUT2D eigenvalue weighted by Gasteiger charge is 2.18. The van der Waals surface area contributed by atoms with E-state index in [-0.39, 0.29) is 5.69 Å². The van der Waals surface area contributed by atoms with Gasteiger partial charge in [-0.2, -0.15) is 0 Å². The lowest BCUT2D eigenvalue weighted by Gasteiger charge is -2.07. The third-order valence-corrected chi connectivity index (χ3v) is 2.69. The SMILES string of the molecule is CCOc1ccc(-n2nnc(C(=O)O)c2CC)cc1. The number of hydrogen-bond donors (Lipinski definition) is 1. The summed E-state index contributed by atoms with van der Waals surface area (Å²) in [6.07, 6.45) is 0.543. The molecule has 0 spiro atoms. The van der Waals surface area contributed by atoms with Gasteiger partial charge in [0.15, 0.2) is 5.69 Å². The minimum Gasteiger partial charge on any atom is -0.494 e. The highest BCUT2D eigenvalue weighted by molar-refractivity contribution is 5.86. The number of aromatic carboxylic acids is 1. The summed E-state index contributed by atoms with van der Waals surface area (Å²) in [4.78, 5) is 11.0. The Morgan fingerprint density at radius 1 is 1.32 bits per heavy atom. The Morgan fingerprint density at radius 3 is 2.53 bits per heavy atom. The van der Waals surface area contributed by atoms with Crippen molar-refractivity contribution in [2.75, 3.05) is 6.61 Å². The van der Waals surface area contributed by atoms with Crippen molar-refractivity contribution in [3.05, 3.63) is 35.7 Å². The number of carbonyl (C=O) groups is 1. The van der Waals surface area contributed by atoms with Crippen molar-refractivity contribution in [2.24, 2.45) is 0 Å². The number of ether oxygens (including phenoxy) is 1. The molecule has 1 heterocycles. The summed E-state index contributed by atoms with van der Waals surface area (Å²) in [5.41, 5.74) is 1.34. The molecule has 0 saturated carbocycles. The number of benzene rings is 1. The van der Waals surface area contributed by atoms with Gasteiger partial charge in [0.05, 0.1) is 18.0 Å². The van der Waals surface area contributed by atoms with Gasteiger partial charge in [0.2, 0.25) is 0 Å². The van der Waals surface area contributed by atoms with Crippen molar-refractivity contribution in [3.8, 4) is 11.4 Å². The third-order valence-electron chi connectivity index (χ3n) is 2.69. The summed E-state index contributed by atoms with van der Waals surface area (Å²) in [5.74, 6) is -0.295. The standard InChI is InChI=1S/C13H15N3O3/c1-3-11-12(13(17)18)14-15-16(11)9-5-7-10(8-6-9)19-4-2/h5-8H,3-4H2,1-2H3,(H,17,18). The Balaban J connectivity index is 2.38. The summed E-state index contributed by atoms with van der Waals surface area (Å²) in [5, 5.41) is 16.6. The molecule has 0 unspecified atom stereocenters. The maximum atomic E-state index is 11.0. The second-order valence-electron chi connectivity index (χ2n) is 3.88. The molecule has 1 aromatic heterocycles. The van der Waals surface area contributed by atoms with Crippen LogP contribution in [0.4, 0.5) is 0 Å². The van der Waals surface area contributed by atoms with Gasteiger partial charge < -0.3 is 9.84 Å². The number of aromatic nitrogens is 3. The van der Waals surface area contributed by atoms with E-state index in [1.165, 1.54) is 0 Å². The second-order valence-corrected chi connectivity index (χ2v) is 3.88. The summed E-state index contributed by atoms with van der Waals surface area (Å²) in [6.45, 7) is 4.39. The molecule has 2 rings (SSSR count). The topological polar surface area (TPSA) is 77.2 Å². The van der Waals surface area contributed by atoms with Crippen molar-refractivity contribution in [1.82, 2.24) is 15.0 Å². The first-order valence-corrected chi connectivity index (χ1v) is 6.08. The molecule has 0 radical (unpaired) electrons. The quantitative estimate of drug-likeness (QED) is 0.889. The molecule has 100 valence electrons. The lowest BCUT2D eigenvalue weighted by molar-refractivity contribution is 0.0689. The van der Waals surface area contributed by atoms with Crippen LogP contribution in [0.15, 0.2) is 24.3 Å². The van der Waals surface area contributed by atoms with Gasteiger partial charge in [-0.05, 0) is 37.6 Å². The van der Waals surface area contributed by atoms with Crippen LogP contribution in [0, 0.1) is 0 Å². The van der Waals surface area contributed by atoms with E-state index < -0.39 is 5.97 Å². The molecule has 1 aromatic carbocycles. The number of nitrogens with zero attached hydrogens (tertiary/aromatic N) is 3. The van der Waals surface area contributed by atoms with Gasteiger partial charge in [0.1, 0.15) is 5.75 Å². The van der Waals surface area contributed by atoms with Crippen LogP contribution in [0.1, 0.15) is 30.0 Å². The number of hydrogen-bond acceptors (Lipinski definition) is 4. The molecular formula is C13H15N3O3. The Bertz CT molecular complexity index is 575. The van der Waals surface area contributed by atoms with Crippen LogP contribution in [0.5, 0.6) is 5.75 Å². The van der Waals surface area contributed by atoms with E-state index in [1.54, 1.807) is 4.68 Å². The maximum absolute atomic E-state index is 11.0. The third kappa shape index (κ3) is 2.57. The number of carboxylic acid groups (broad SMARTS) is 1. The van der Waals surface area contributed by atoms with Gasteiger partial charge in [0, 0.05) is 0 Å². The molecule has 0 atom stereocenters. The average molecular weight is 261 g/mol. The van der Waals surface area contributed by atoms with Crippen LogP contribution in [-0.4, -0.2) is 32.7 Å². The van der Waals surface area contributed by atoms with Crippen LogP contribution >= 0.6 is 0 Å². The Morgan fingerprint density at radius 2 is 2.00 bits per heavy atom. The van der Waals surface area contributed by atoms with E-state index in [0.717, 1.165) is 11.4 Å². The molecule has 6 heteroatoms. The molecule has 6 nitrogen and oxygen atoms in total. The molecule has 0 aliphatic rings. The van der Waals surface area contributed by atoms with Crippen molar-refractivity contribution in [2.45, 2.75) is 20.3 Å². The van der Waals surface area contributed by atoms with Gasteiger partial charge >= 0.3 is 5.97 Å². The summed E-state index contributed by atoms with van der Waals surface area (Å²) in [6, 6.07) is 7.29. The molecule has 0 aliphatic heterocycles. The number of carboxylic acids is 1. The lowest BCUT2D eigenvalue weighted by atomic mass is 10.2. The molecule has 1 N–H and O–H groups in total. The van der Waals surface area contributed by atoms with Gasteiger partial charge in [0.25, 0.3) is 0 Å². The van der Waals surface area contributed by atoms with E-state index in [0.29, 0.717) is 18.7 Å². The monoisotopic (exact) mass is 261 g/mol. The average Bonchev–Trinajstić information content (AvgIpc) is 2.84. The molecular weight excluding hydrogens is 246 g/mol. The van der Waals surface area contributed by atoms with Crippen LogP contribution in [0.2, 0.25) is 0 Å². The molecule has 0 aliphatic carbocycles. The first kappa shape index (κ1) is 13.1. The fraction of sp³-hybridized carbons (Fsp3) is 0.308. The van der Waals surface area contributed by atoms with E-state index in [9.17, 15) is 4.79 Å². The first-order chi connectivity index (χ1) is 9.17. The van der Waals surface area contributed by atoms with E-state index >= 15 is 0 Å². The van der Waals surface area contributed by atoms with Crippen molar-refractivity contribution in [1.29, 1.82) is 0 Å². The first-order valence-electron chi connectivity index (χ1n) is 6.08. The zero-order valence-corrected chi connectivity index (χ0v) is 10.8.